The zero-order chi connectivity index (χ0) is 37.9. The van der Waals surface area contributed by atoms with Crippen molar-refractivity contribution in [3.05, 3.63) is 127 Å². The van der Waals surface area contributed by atoms with Gasteiger partial charge in [0, 0.05) is 73.7 Å². The van der Waals surface area contributed by atoms with Crippen LogP contribution >= 0.6 is 0 Å². The molecule has 0 aromatic heterocycles. The van der Waals surface area contributed by atoms with E-state index in [1.807, 2.05) is 18.2 Å². The van der Waals surface area contributed by atoms with E-state index >= 15 is 0 Å². The molecule has 0 saturated heterocycles. The summed E-state index contributed by atoms with van der Waals surface area (Å²) in [5.41, 5.74) is 12.2. The molecule has 9 nitrogen and oxygen atoms in total. The molecule has 0 fully saturated rings. The minimum absolute atomic E-state index is 0.00931. The van der Waals surface area contributed by atoms with E-state index in [4.69, 9.17) is 0 Å². The van der Waals surface area contributed by atoms with Crippen LogP contribution < -0.4 is 20.1 Å². The molecule has 4 aromatic carbocycles. The average molecular weight is 747 g/mol. The van der Waals surface area contributed by atoms with Gasteiger partial charge in [-0.25, -0.2) is 4.58 Å². The van der Waals surface area contributed by atoms with Crippen LogP contribution in [-0.2, 0) is 46.1 Å². The van der Waals surface area contributed by atoms with Crippen molar-refractivity contribution in [2.24, 2.45) is 0 Å². The molecule has 4 aromatic rings. The van der Waals surface area contributed by atoms with Crippen LogP contribution in [0.25, 0.3) is 5.57 Å². The second-order valence-electron chi connectivity index (χ2n) is 15.9. The highest BCUT2D eigenvalue weighted by Crippen LogP contribution is 2.46. The normalized spacial score (nSPS) is 16.9. The van der Waals surface area contributed by atoms with Gasteiger partial charge in [0.25, 0.3) is 16.0 Å². The van der Waals surface area contributed by atoms with E-state index in [2.05, 4.69) is 47.6 Å². The zero-order valence-corrected chi connectivity index (χ0v) is 32.1. The van der Waals surface area contributed by atoms with E-state index < -0.39 is 16.1 Å². The second-order valence-corrected chi connectivity index (χ2v) is 17.3. The number of carbonyl (C=O) groups excluding carboxylic acids is 1. The molecule has 0 spiro atoms. The number of rotatable bonds is 9. The number of nitrogens with zero attached hydrogens (tertiary/aromatic N) is 3. The highest BCUT2D eigenvalue weighted by molar-refractivity contribution is 7.85. The van der Waals surface area contributed by atoms with Crippen molar-refractivity contribution >= 4 is 33.3 Å². The molecule has 54 heavy (non-hydrogen) atoms. The van der Waals surface area contributed by atoms with Crippen molar-refractivity contribution in [1.29, 1.82) is 0 Å². The second kappa shape index (κ2) is 13.8. The van der Waals surface area contributed by atoms with Gasteiger partial charge in [-0.3, -0.25) is 14.1 Å². The Balaban J connectivity index is 1.34. The van der Waals surface area contributed by atoms with Gasteiger partial charge in [-0.1, -0.05) is 44.2 Å². The molecule has 0 radical (unpaired) electrons. The van der Waals surface area contributed by atoms with Crippen LogP contribution in [0.3, 0.4) is 0 Å². The number of anilines is 1. The van der Waals surface area contributed by atoms with Gasteiger partial charge in [-0.2, -0.15) is 8.42 Å². The number of benzene rings is 4. The molecule has 1 amide bonds. The van der Waals surface area contributed by atoms with Crippen molar-refractivity contribution < 1.29 is 27.7 Å². The molecule has 3 heterocycles. The third kappa shape index (κ3) is 6.33. The largest absolute Gasteiger partial charge is 0.481 e. The number of aryl methyl sites for hydroxylation is 2. The van der Waals surface area contributed by atoms with Crippen LogP contribution in [0.15, 0.2) is 71.6 Å². The van der Waals surface area contributed by atoms with Gasteiger partial charge in [0.15, 0.2) is 0 Å². The molecule has 8 rings (SSSR count). The predicted molar refractivity (Wildman–Crippen MR) is 209 cm³/mol. The van der Waals surface area contributed by atoms with Crippen molar-refractivity contribution in [1.82, 2.24) is 9.48 Å². The lowest BCUT2D eigenvalue weighted by atomic mass is 9.65. The van der Waals surface area contributed by atoms with E-state index in [1.165, 1.54) is 56.2 Å². The SMILES string of the molecule is CN(CCCC(=O)O)C(=O)c1ccccc1C1=c2cc3c4c(c2C(C)(C)c2cc5c(cc21)CCCN5Cc1ccc(S(=O)(=O)O)cc1)CCC[N+]=4CCC3. The predicted octanol–water partition coefficient (Wildman–Crippen LogP) is 5.09. The first-order valence-corrected chi connectivity index (χ1v) is 20.6. The Bertz CT molecular complexity index is 2450. The topological polar surface area (TPSA) is 118 Å². The number of carboxylic acids is 1. The molecule has 2 N–H and O–H groups in total. The van der Waals surface area contributed by atoms with Crippen LogP contribution in [0.4, 0.5) is 5.69 Å². The van der Waals surface area contributed by atoms with E-state index in [0.29, 0.717) is 25.1 Å². The highest BCUT2D eigenvalue weighted by Gasteiger charge is 2.40. The number of carbonyl (C=O) groups is 2. The van der Waals surface area contributed by atoms with Crippen molar-refractivity contribution in [2.45, 2.75) is 82.1 Å². The van der Waals surface area contributed by atoms with E-state index in [-0.39, 0.29) is 22.6 Å². The fourth-order valence-electron chi connectivity index (χ4n) is 9.59. The number of fused-ring (bicyclic) bond motifs is 4. The fourth-order valence-corrected chi connectivity index (χ4v) is 10.1. The lowest BCUT2D eigenvalue weighted by Gasteiger charge is -2.40. The third-order valence-corrected chi connectivity index (χ3v) is 12.9. The van der Waals surface area contributed by atoms with Crippen LogP contribution in [-0.4, -0.2) is 68.1 Å². The van der Waals surface area contributed by atoms with Crippen molar-refractivity contribution in [2.75, 3.05) is 38.1 Å². The lowest BCUT2D eigenvalue weighted by Crippen LogP contribution is -2.48. The number of amides is 1. The Morgan fingerprint density at radius 3 is 2.37 bits per heavy atom. The molecule has 0 atom stereocenters. The summed E-state index contributed by atoms with van der Waals surface area (Å²) in [6, 6.07) is 21.6. The molecule has 1 aliphatic carbocycles. The van der Waals surface area contributed by atoms with Gasteiger partial charge >= 0.3 is 5.97 Å². The number of hydrogen-bond acceptors (Lipinski definition) is 5. The van der Waals surface area contributed by atoms with Gasteiger partial charge < -0.3 is 14.9 Å². The first-order valence-electron chi connectivity index (χ1n) is 19.2. The summed E-state index contributed by atoms with van der Waals surface area (Å²) in [6.07, 6.45) is 6.54. The maximum Gasteiger partial charge on any atom is 0.303 e. The van der Waals surface area contributed by atoms with Gasteiger partial charge in [-0.05, 0) is 113 Å². The average Bonchev–Trinajstić information content (AvgIpc) is 3.14. The Morgan fingerprint density at radius 1 is 0.907 bits per heavy atom. The third-order valence-electron chi connectivity index (χ3n) is 12.0. The molecule has 10 heteroatoms. The first-order chi connectivity index (χ1) is 25.8. The summed E-state index contributed by atoms with van der Waals surface area (Å²) in [6.45, 7) is 8.67. The van der Waals surface area contributed by atoms with Crippen LogP contribution in [0.1, 0.15) is 101 Å². The Hall–Kier alpha value is -4.80. The Kier molecular flexibility index (Phi) is 9.25. The van der Waals surface area contributed by atoms with Crippen LogP contribution in [0.2, 0.25) is 0 Å². The Labute approximate surface area is 317 Å². The number of aliphatic carboxylic acids is 1. The molecular formula is C44H48N3O6S+. The smallest absolute Gasteiger partial charge is 0.303 e. The Morgan fingerprint density at radius 2 is 1.63 bits per heavy atom. The molecule has 4 aliphatic rings. The molecule has 3 aliphatic heterocycles. The number of carboxylic acid groups (broad SMARTS) is 1. The summed E-state index contributed by atoms with van der Waals surface area (Å²) >= 11 is 0. The van der Waals surface area contributed by atoms with Crippen LogP contribution in [0, 0.1) is 0 Å². The summed E-state index contributed by atoms with van der Waals surface area (Å²) in [4.78, 5) is 29.5. The summed E-state index contributed by atoms with van der Waals surface area (Å²) in [5.74, 6) is -0.987. The molecule has 0 unspecified atom stereocenters. The quantitative estimate of drug-likeness (QED) is 0.181. The van der Waals surface area contributed by atoms with E-state index in [1.54, 1.807) is 24.1 Å². The lowest BCUT2D eigenvalue weighted by molar-refractivity contribution is -0.137. The van der Waals surface area contributed by atoms with Gasteiger partial charge in [0.1, 0.15) is 13.1 Å². The molecular weight excluding hydrogens is 699 g/mol. The first kappa shape index (κ1) is 36.2. The molecule has 0 bridgehead atoms. The highest BCUT2D eigenvalue weighted by atomic mass is 32.2. The van der Waals surface area contributed by atoms with Crippen molar-refractivity contribution in [3.63, 3.8) is 0 Å². The molecule has 280 valence electrons. The maximum atomic E-state index is 14.3. The van der Waals surface area contributed by atoms with E-state index in [0.717, 1.165) is 80.4 Å². The van der Waals surface area contributed by atoms with Gasteiger partial charge in [0.2, 0.25) is 5.36 Å². The summed E-state index contributed by atoms with van der Waals surface area (Å²) in [5, 5.41) is 11.9. The zero-order valence-electron chi connectivity index (χ0n) is 31.3. The van der Waals surface area contributed by atoms with Crippen molar-refractivity contribution in [3.8, 4) is 0 Å². The maximum absolute atomic E-state index is 14.3. The monoisotopic (exact) mass is 746 g/mol. The van der Waals surface area contributed by atoms with Gasteiger partial charge in [0.05, 0.1) is 4.90 Å². The minimum Gasteiger partial charge on any atom is -0.481 e. The fraction of sp³-hybridized carbons (Fsp3) is 0.386. The summed E-state index contributed by atoms with van der Waals surface area (Å²) < 4.78 is 35.6. The van der Waals surface area contributed by atoms with E-state index in [9.17, 15) is 27.7 Å². The molecule has 0 saturated carbocycles. The van der Waals surface area contributed by atoms with Crippen LogP contribution in [0.5, 0.6) is 0 Å². The van der Waals surface area contributed by atoms with Gasteiger partial charge in [-0.15, -0.1) is 0 Å². The standard InChI is InChI=1S/C44H47N3O6S/c1-44(2)37-26-38-29(10-6-23-47(38)27-28-16-18-31(19-17-28)54(51,52)53)24-35(37)40(32-12-4-5-13-33(32)43(50)45(3)20-9-15-39(48)49)36-25-30-11-7-21-46-22-8-14-34(41(36)44)42(30)46/h4-5,12-13,16-19,24-26H,6-11,14-15,20-23,27H2,1-3H3,(H-,48,49,51,52,53)/p+1. The summed E-state index contributed by atoms with van der Waals surface area (Å²) in [7, 11) is -2.52. The minimum atomic E-state index is -4.27. The number of hydrogen-bond donors (Lipinski definition) is 2.